The number of aromatic nitrogens is 2. The predicted octanol–water partition coefficient (Wildman–Crippen LogP) is 3.49. The number of aryl methyl sites for hydroxylation is 1. The van der Waals surface area contributed by atoms with Gasteiger partial charge < -0.3 is 23.6 Å². The molecule has 0 fully saturated rings. The highest BCUT2D eigenvalue weighted by Crippen LogP contribution is 2.31. The Labute approximate surface area is 175 Å². The molecule has 8 heteroatoms. The molecule has 0 saturated heterocycles. The van der Waals surface area contributed by atoms with Crippen LogP contribution in [0.25, 0.3) is 11.4 Å². The van der Waals surface area contributed by atoms with Crippen LogP contribution in [0.2, 0.25) is 0 Å². The molecule has 1 aromatic heterocycles. The molecular weight excluding hydrogens is 386 g/mol. The number of amides is 1. The van der Waals surface area contributed by atoms with E-state index < -0.39 is 6.10 Å². The van der Waals surface area contributed by atoms with Gasteiger partial charge in [-0.25, -0.2) is 0 Å². The number of carbonyl (C=O) groups excluding carboxylic acids is 1. The van der Waals surface area contributed by atoms with Gasteiger partial charge in [0, 0.05) is 12.6 Å². The average molecular weight is 411 g/mol. The third kappa shape index (κ3) is 4.89. The second kappa shape index (κ2) is 9.30. The molecule has 2 aromatic carbocycles. The molecule has 0 saturated carbocycles. The lowest BCUT2D eigenvalue weighted by atomic mass is 10.2. The summed E-state index contributed by atoms with van der Waals surface area (Å²) < 4.78 is 21.6. The topological polar surface area (TPSA) is 86.9 Å². The molecule has 0 aliphatic heterocycles. The largest absolute Gasteiger partial charge is 0.493 e. The standard InChI is InChI=1S/C22H25N3O5/c1-14-7-6-8-17(11-14)29-15(2)22(26)25(3)13-20-23-21(24-30-20)16-9-10-18(27-4)19(12-16)28-5/h6-12,15H,13H2,1-5H3. The smallest absolute Gasteiger partial charge is 0.263 e. The summed E-state index contributed by atoms with van der Waals surface area (Å²) >= 11 is 0. The van der Waals surface area contributed by atoms with Gasteiger partial charge in [-0.3, -0.25) is 4.79 Å². The van der Waals surface area contributed by atoms with Gasteiger partial charge in [0.25, 0.3) is 5.91 Å². The quantitative estimate of drug-likeness (QED) is 0.561. The number of hydrogen-bond donors (Lipinski definition) is 0. The minimum absolute atomic E-state index is 0.167. The predicted molar refractivity (Wildman–Crippen MR) is 111 cm³/mol. The molecular formula is C22H25N3O5. The first-order valence-corrected chi connectivity index (χ1v) is 9.44. The molecule has 158 valence electrons. The Bertz CT molecular complexity index is 1020. The summed E-state index contributed by atoms with van der Waals surface area (Å²) in [6.07, 6.45) is -0.648. The van der Waals surface area contributed by atoms with Crippen LogP contribution < -0.4 is 14.2 Å². The molecule has 3 rings (SSSR count). The molecule has 8 nitrogen and oxygen atoms in total. The second-order valence-electron chi connectivity index (χ2n) is 6.85. The van der Waals surface area contributed by atoms with E-state index in [1.165, 1.54) is 4.90 Å². The highest BCUT2D eigenvalue weighted by molar-refractivity contribution is 5.80. The van der Waals surface area contributed by atoms with Crippen molar-refractivity contribution < 1.29 is 23.5 Å². The minimum atomic E-state index is -0.648. The van der Waals surface area contributed by atoms with Gasteiger partial charge in [-0.05, 0) is 49.7 Å². The molecule has 1 amide bonds. The monoisotopic (exact) mass is 411 g/mol. The third-order valence-electron chi connectivity index (χ3n) is 4.51. The van der Waals surface area contributed by atoms with Crippen molar-refractivity contribution in [2.24, 2.45) is 0 Å². The van der Waals surface area contributed by atoms with E-state index >= 15 is 0 Å². The van der Waals surface area contributed by atoms with Crippen LogP contribution in [-0.2, 0) is 11.3 Å². The second-order valence-corrected chi connectivity index (χ2v) is 6.85. The van der Waals surface area contributed by atoms with Gasteiger partial charge in [-0.15, -0.1) is 0 Å². The van der Waals surface area contributed by atoms with E-state index in [0.29, 0.717) is 34.5 Å². The van der Waals surface area contributed by atoms with Gasteiger partial charge in [0.15, 0.2) is 17.6 Å². The molecule has 0 aliphatic carbocycles. The number of likely N-dealkylation sites (N-methyl/N-ethyl adjacent to an activating group) is 1. The van der Waals surface area contributed by atoms with E-state index in [4.69, 9.17) is 18.7 Å². The number of benzene rings is 2. The van der Waals surface area contributed by atoms with E-state index in [-0.39, 0.29) is 12.5 Å². The lowest BCUT2D eigenvalue weighted by Crippen LogP contribution is -2.37. The van der Waals surface area contributed by atoms with Gasteiger partial charge in [-0.1, -0.05) is 17.3 Å². The normalized spacial score (nSPS) is 11.6. The van der Waals surface area contributed by atoms with Crippen LogP contribution in [0.15, 0.2) is 47.0 Å². The van der Waals surface area contributed by atoms with Gasteiger partial charge in [0.2, 0.25) is 11.7 Å². The van der Waals surface area contributed by atoms with Crippen LogP contribution in [0.5, 0.6) is 17.2 Å². The van der Waals surface area contributed by atoms with Crippen molar-refractivity contribution in [1.29, 1.82) is 0 Å². The van der Waals surface area contributed by atoms with Crippen LogP contribution in [-0.4, -0.2) is 48.3 Å². The highest BCUT2D eigenvalue weighted by atomic mass is 16.5. The van der Waals surface area contributed by atoms with Crippen LogP contribution in [0.4, 0.5) is 0 Å². The number of carbonyl (C=O) groups is 1. The third-order valence-corrected chi connectivity index (χ3v) is 4.51. The maximum atomic E-state index is 12.6. The zero-order valence-corrected chi connectivity index (χ0v) is 17.7. The molecule has 1 heterocycles. The fourth-order valence-corrected chi connectivity index (χ4v) is 2.95. The van der Waals surface area contributed by atoms with E-state index in [2.05, 4.69) is 10.1 Å². The maximum absolute atomic E-state index is 12.6. The van der Waals surface area contributed by atoms with Crippen molar-refractivity contribution in [3.63, 3.8) is 0 Å². The minimum Gasteiger partial charge on any atom is -0.493 e. The first-order chi connectivity index (χ1) is 14.4. The molecule has 0 aliphatic rings. The summed E-state index contributed by atoms with van der Waals surface area (Å²) in [5, 5.41) is 4.00. The first-order valence-electron chi connectivity index (χ1n) is 9.44. The van der Waals surface area contributed by atoms with Crippen molar-refractivity contribution >= 4 is 5.91 Å². The van der Waals surface area contributed by atoms with Crippen molar-refractivity contribution in [3.05, 3.63) is 53.9 Å². The Hall–Kier alpha value is -3.55. The van der Waals surface area contributed by atoms with Gasteiger partial charge in [-0.2, -0.15) is 4.98 Å². The number of ether oxygens (including phenoxy) is 3. The number of nitrogens with zero attached hydrogens (tertiary/aromatic N) is 3. The fourth-order valence-electron chi connectivity index (χ4n) is 2.95. The van der Waals surface area contributed by atoms with E-state index in [1.807, 2.05) is 37.3 Å². The zero-order valence-electron chi connectivity index (χ0n) is 17.7. The van der Waals surface area contributed by atoms with Gasteiger partial charge >= 0.3 is 0 Å². The fraction of sp³-hybridized carbons (Fsp3) is 0.318. The summed E-state index contributed by atoms with van der Waals surface area (Å²) in [6.45, 7) is 3.85. The lowest BCUT2D eigenvalue weighted by Gasteiger charge is -2.20. The summed E-state index contributed by atoms with van der Waals surface area (Å²) in [5.74, 6) is 2.35. The number of hydrogen-bond acceptors (Lipinski definition) is 7. The molecule has 30 heavy (non-hydrogen) atoms. The lowest BCUT2D eigenvalue weighted by molar-refractivity contribution is -0.137. The summed E-state index contributed by atoms with van der Waals surface area (Å²) in [5.41, 5.74) is 1.78. The summed E-state index contributed by atoms with van der Waals surface area (Å²) in [7, 11) is 4.79. The van der Waals surface area contributed by atoms with Crippen LogP contribution in [0.1, 0.15) is 18.4 Å². The molecule has 0 N–H and O–H groups in total. The van der Waals surface area contributed by atoms with Crippen molar-refractivity contribution in [1.82, 2.24) is 15.0 Å². The van der Waals surface area contributed by atoms with Crippen molar-refractivity contribution in [2.45, 2.75) is 26.5 Å². The molecule has 3 aromatic rings. The average Bonchev–Trinajstić information content (AvgIpc) is 3.21. The molecule has 0 bridgehead atoms. The molecule has 0 radical (unpaired) electrons. The van der Waals surface area contributed by atoms with E-state index in [9.17, 15) is 4.79 Å². The van der Waals surface area contributed by atoms with Crippen LogP contribution >= 0.6 is 0 Å². The molecule has 1 atom stereocenters. The number of rotatable bonds is 8. The maximum Gasteiger partial charge on any atom is 0.263 e. The van der Waals surface area contributed by atoms with E-state index in [1.54, 1.807) is 40.3 Å². The Morgan fingerprint density at radius 1 is 1.13 bits per heavy atom. The Morgan fingerprint density at radius 3 is 2.60 bits per heavy atom. The van der Waals surface area contributed by atoms with Gasteiger partial charge in [0.05, 0.1) is 20.8 Å². The SMILES string of the molecule is COc1ccc(-c2noc(CN(C)C(=O)C(C)Oc3cccc(C)c3)n2)cc1OC. The summed E-state index contributed by atoms with van der Waals surface area (Å²) in [4.78, 5) is 18.5. The number of methoxy groups -OCH3 is 2. The van der Waals surface area contributed by atoms with Crippen LogP contribution in [0, 0.1) is 6.92 Å². The Kier molecular flexibility index (Phi) is 6.56. The van der Waals surface area contributed by atoms with Gasteiger partial charge in [0.1, 0.15) is 5.75 Å². The Balaban J connectivity index is 1.65. The Morgan fingerprint density at radius 2 is 1.90 bits per heavy atom. The molecule has 0 spiro atoms. The van der Waals surface area contributed by atoms with Crippen molar-refractivity contribution in [3.8, 4) is 28.6 Å². The van der Waals surface area contributed by atoms with Crippen molar-refractivity contribution in [2.75, 3.05) is 21.3 Å². The summed E-state index contributed by atoms with van der Waals surface area (Å²) in [6, 6.07) is 12.9. The van der Waals surface area contributed by atoms with Crippen LogP contribution in [0.3, 0.4) is 0 Å². The zero-order chi connectivity index (χ0) is 21.7. The highest BCUT2D eigenvalue weighted by Gasteiger charge is 2.22. The molecule has 1 unspecified atom stereocenters. The first kappa shape index (κ1) is 21.2. The van der Waals surface area contributed by atoms with E-state index in [0.717, 1.165) is 5.56 Å².